The summed E-state index contributed by atoms with van der Waals surface area (Å²) in [6.45, 7) is 8.14. The monoisotopic (exact) mass is 500 g/mol. The van der Waals surface area contributed by atoms with Gasteiger partial charge in [-0.05, 0) is 37.6 Å². The molecule has 2 aromatic carbocycles. The van der Waals surface area contributed by atoms with Gasteiger partial charge < -0.3 is 9.84 Å². The zero-order valence-corrected chi connectivity index (χ0v) is 19.4. The second-order valence-electron chi connectivity index (χ2n) is 6.91. The average Bonchev–Trinajstić information content (AvgIpc) is 2.69. The summed E-state index contributed by atoms with van der Waals surface area (Å²) in [5, 5.41) is 9.26. The van der Waals surface area contributed by atoms with Crippen LogP contribution in [0.15, 0.2) is 65.6 Å². The van der Waals surface area contributed by atoms with Crippen molar-refractivity contribution < 1.29 is 45.4 Å². The van der Waals surface area contributed by atoms with E-state index >= 15 is 0 Å². The number of ether oxygens (including phenoxy) is 1. The number of rotatable bonds is 9. The molecule has 0 bridgehead atoms. The van der Waals surface area contributed by atoms with E-state index in [0.29, 0.717) is 11.8 Å². The van der Waals surface area contributed by atoms with E-state index in [9.17, 15) is 31.0 Å². The van der Waals surface area contributed by atoms with Gasteiger partial charge in [-0.15, -0.1) is 0 Å². The summed E-state index contributed by atoms with van der Waals surface area (Å²) in [5.41, 5.74) is 0.176. The summed E-state index contributed by atoms with van der Waals surface area (Å²) < 4.78 is 66.2. The van der Waals surface area contributed by atoms with Crippen LogP contribution in [0.4, 0.5) is 0 Å². The molecule has 0 amide bonds. The molecule has 0 saturated heterocycles. The van der Waals surface area contributed by atoms with Crippen molar-refractivity contribution in [1.29, 1.82) is 0 Å². The summed E-state index contributed by atoms with van der Waals surface area (Å²) in [4.78, 5) is 21.3. The quantitative estimate of drug-likeness (QED) is 0.152. The fourth-order valence-electron chi connectivity index (χ4n) is 2.49. The maximum Gasteiger partial charge on any atom is 0.338 e. The van der Waals surface area contributed by atoms with Crippen molar-refractivity contribution in [1.82, 2.24) is 0 Å². The molecule has 0 aliphatic heterocycles. The highest BCUT2D eigenvalue weighted by Gasteiger charge is 2.22. The highest BCUT2D eigenvalue weighted by Crippen LogP contribution is 2.32. The number of hydrogen-bond acceptors (Lipinski definition) is 7. The number of unbranched alkanes of at least 4 members (excludes halogenated alkanes) is 1. The van der Waals surface area contributed by atoms with E-state index in [-0.39, 0.29) is 40.9 Å². The van der Waals surface area contributed by atoms with Crippen molar-refractivity contribution in [2.75, 3.05) is 5.75 Å². The van der Waals surface area contributed by atoms with Crippen LogP contribution in [0.1, 0.15) is 26.2 Å². The maximum absolute atomic E-state index is 11.6. The first kappa shape index (κ1) is 28.0. The third-order valence-corrected chi connectivity index (χ3v) is 5.83. The summed E-state index contributed by atoms with van der Waals surface area (Å²) in [6, 6.07) is 9.50. The lowest BCUT2D eigenvalue weighted by molar-refractivity contribution is -0.133. The molecule has 0 radical (unpaired) electrons. The van der Waals surface area contributed by atoms with Gasteiger partial charge in [0.25, 0.3) is 20.2 Å². The van der Waals surface area contributed by atoms with Crippen molar-refractivity contribution in [2.45, 2.75) is 31.1 Å². The molecule has 0 aliphatic carbocycles. The first-order valence-electron chi connectivity index (χ1n) is 9.36. The van der Waals surface area contributed by atoms with Crippen molar-refractivity contribution in [3.05, 3.63) is 60.7 Å². The number of fused-ring (bicyclic) bond motifs is 1. The molecule has 0 saturated carbocycles. The number of esters is 1. The highest BCUT2D eigenvalue weighted by atomic mass is 32.2. The number of benzene rings is 2. The van der Waals surface area contributed by atoms with Gasteiger partial charge in [-0.3, -0.25) is 9.11 Å². The molecule has 0 aromatic heterocycles. The van der Waals surface area contributed by atoms with Crippen LogP contribution in [0.2, 0.25) is 0 Å². The molecule has 0 unspecified atom stereocenters. The lowest BCUT2D eigenvalue weighted by atomic mass is 10.1. The van der Waals surface area contributed by atoms with Crippen LogP contribution >= 0.6 is 0 Å². The lowest BCUT2D eigenvalue weighted by Gasteiger charge is -2.10. The second kappa shape index (κ2) is 11.7. The number of aliphatic carboxylic acids is 1. The van der Waals surface area contributed by atoms with Crippen molar-refractivity contribution in [3.8, 4) is 5.75 Å². The smallest absolute Gasteiger partial charge is 0.338 e. The molecule has 2 aromatic rings. The van der Waals surface area contributed by atoms with E-state index in [1.54, 1.807) is 24.3 Å². The zero-order chi connectivity index (χ0) is 25.4. The van der Waals surface area contributed by atoms with Crippen LogP contribution in [0.3, 0.4) is 0 Å². The molecule has 0 atom stereocenters. The number of carbonyl (C=O) groups excluding carboxylic acids is 1. The largest absolute Gasteiger partial charge is 0.478 e. The van der Waals surface area contributed by atoms with Gasteiger partial charge in [-0.2, -0.15) is 16.8 Å². The molecule has 0 spiro atoms. The van der Waals surface area contributed by atoms with Gasteiger partial charge in [0.1, 0.15) is 4.90 Å². The van der Waals surface area contributed by atoms with E-state index in [0.717, 1.165) is 0 Å². The second-order valence-corrected chi connectivity index (χ2v) is 9.84. The third kappa shape index (κ3) is 9.53. The first-order chi connectivity index (χ1) is 15.1. The number of carboxylic acids is 1. The molecule has 0 aliphatic rings. The molecule has 3 N–H and O–H groups in total. The predicted molar refractivity (Wildman–Crippen MR) is 121 cm³/mol. The molecule has 0 fully saturated rings. The number of carbonyl (C=O) groups is 2. The minimum atomic E-state index is -4.54. The van der Waals surface area contributed by atoms with E-state index < -0.39 is 37.1 Å². The Hall–Kier alpha value is -3.06. The van der Waals surface area contributed by atoms with Crippen LogP contribution in [0.25, 0.3) is 10.8 Å². The first-order valence-corrected chi connectivity index (χ1v) is 12.4. The van der Waals surface area contributed by atoms with E-state index in [1.807, 2.05) is 0 Å². The molecule has 10 nitrogen and oxygen atoms in total. The molecular weight excluding hydrogens is 476 g/mol. The fourth-order valence-corrected chi connectivity index (χ4v) is 3.88. The summed E-state index contributed by atoms with van der Waals surface area (Å²) in [7, 11) is -8.46. The van der Waals surface area contributed by atoms with Crippen LogP contribution in [0.5, 0.6) is 5.75 Å². The Bertz CT molecular complexity index is 1280. The van der Waals surface area contributed by atoms with Gasteiger partial charge in [-0.1, -0.05) is 43.5 Å². The minimum Gasteiger partial charge on any atom is -0.478 e. The van der Waals surface area contributed by atoms with Gasteiger partial charge in [-0.25, -0.2) is 9.59 Å². The lowest BCUT2D eigenvalue weighted by Crippen LogP contribution is -2.11. The maximum atomic E-state index is 11.6. The fraction of sp³-hybridized carbons (Fsp3) is 0.238. The van der Waals surface area contributed by atoms with Gasteiger partial charge in [0, 0.05) is 16.5 Å². The van der Waals surface area contributed by atoms with Crippen LogP contribution in [-0.4, -0.2) is 48.7 Å². The molecular formula is C21H24O10S2. The molecule has 33 heavy (non-hydrogen) atoms. The topological polar surface area (TPSA) is 172 Å². The van der Waals surface area contributed by atoms with Crippen LogP contribution < -0.4 is 4.74 Å². The van der Waals surface area contributed by atoms with Gasteiger partial charge in [0.2, 0.25) is 0 Å². The summed E-state index contributed by atoms with van der Waals surface area (Å²) >= 11 is 0. The van der Waals surface area contributed by atoms with Crippen LogP contribution in [-0.2, 0) is 29.8 Å². The Morgan fingerprint density at radius 3 is 2.09 bits per heavy atom. The van der Waals surface area contributed by atoms with E-state index in [1.165, 1.54) is 19.1 Å². The van der Waals surface area contributed by atoms with Crippen molar-refractivity contribution >= 4 is 42.9 Å². The number of carboxylic acid groups (broad SMARTS) is 1. The standard InChI is InChI=1S/C14H12O5S.C7H12O5S/c1-9(2)14(15)19-12-8-7-10-5-3-4-6-11(10)13(12)20(16,17)18;1-6(7(8)9)4-2-3-5-13(10,11)12/h3-8H,1H2,2H3,(H,16,17,18);1-5H2,(H,8,9)(H,10,11,12). The Kier molecular flexibility index (Phi) is 9.92. The Morgan fingerprint density at radius 2 is 1.58 bits per heavy atom. The highest BCUT2D eigenvalue weighted by molar-refractivity contribution is 7.86. The SMILES string of the molecule is C=C(C)C(=O)Oc1ccc2ccccc2c1S(=O)(=O)O.C=C(CCCCS(=O)(=O)O)C(=O)O. The Balaban J connectivity index is 0.000000366. The van der Waals surface area contributed by atoms with Crippen molar-refractivity contribution in [3.63, 3.8) is 0 Å². The number of hydrogen-bond donors (Lipinski definition) is 3. The Morgan fingerprint density at radius 1 is 0.970 bits per heavy atom. The van der Waals surface area contributed by atoms with E-state index in [4.69, 9.17) is 14.4 Å². The molecule has 12 heteroatoms. The van der Waals surface area contributed by atoms with Gasteiger partial charge >= 0.3 is 11.9 Å². The molecule has 0 heterocycles. The van der Waals surface area contributed by atoms with Gasteiger partial charge in [0.05, 0.1) is 5.75 Å². The van der Waals surface area contributed by atoms with E-state index in [2.05, 4.69) is 13.2 Å². The van der Waals surface area contributed by atoms with Crippen molar-refractivity contribution in [2.24, 2.45) is 0 Å². The molecule has 180 valence electrons. The summed E-state index contributed by atoms with van der Waals surface area (Å²) in [6.07, 6.45) is 0.876. The summed E-state index contributed by atoms with van der Waals surface area (Å²) in [5.74, 6) is -2.39. The minimum absolute atomic E-state index is 0.0512. The normalized spacial score (nSPS) is 11.2. The predicted octanol–water partition coefficient (Wildman–Crippen LogP) is 3.25. The Labute approximate surface area is 191 Å². The third-order valence-electron chi connectivity index (χ3n) is 4.09. The average molecular weight is 501 g/mol. The molecule has 2 rings (SSSR count). The zero-order valence-electron chi connectivity index (χ0n) is 17.7. The van der Waals surface area contributed by atoms with Gasteiger partial charge in [0.15, 0.2) is 5.75 Å². The van der Waals surface area contributed by atoms with Crippen LogP contribution in [0, 0.1) is 0 Å².